The molecule has 0 radical (unpaired) electrons. The van der Waals surface area contributed by atoms with Crippen molar-refractivity contribution in [1.29, 1.82) is 0 Å². The summed E-state index contributed by atoms with van der Waals surface area (Å²) in [4.78, 5) is 23.2. The first-order chi connectivity index (χ1) is 11.5. The molecule has 0 saturated carbocycles. The third kappa shape index (κ3) is 3.43. The van der Waals surface area contributed by atoms with Gasteiger partial charge >= 0.3 is 5.63 Å². The van der Waals surface area contributed by atoms with Gasteiger partial charge in [0.1, 0.15) is 17.1 Å². The Labute approximate surface area is 136 Å². The van der Waals surface area contributed by atoms with Gasteiger partial charge in [-0.15, -0.1) is 0 Å². The minimum absolute atomic E-state index is 0.0891. The van der Waals surface area contributed by atoms with Crippen LogP contribution in [-0.2, 0) is 4.79 Å². The first-order valence-corrected chi connectivity index (χ1v) is 7.24. The molecule has 0 unspecified atom stereocenters. The number of rotatable bonds is 4. The summed E-state index contributed by atoms with van der Waals surface area (Å²) in [6.07, 6.45) is 0. The van der Waals surface area contributed by atoms with Gasteiger partial charge in [0.2, 0.25) is 0 Å². The molecule has 1 aromatic heterocycles. The lowest BCUT2D eigenvalue weighted by Gasteiger charge is -2.09. The Balaban J connectivity index is 1.70. The Hall–Kier alpha value is -3.15. The van der Waals surface area contributed by atoms with E-state index < -0.39 is 17.3 Å². The van der Waals surface area contributed by atoms with Gasteiger partial charge in [0.05, 0.1) is 5.69 Å². The van der Waals surface area contributed by atoms with Crippen molar-refractivity contribution in [2.75, 3.05) is 11.9 Å². The minimum Gasteiger partial charge on any atom is -0.484 e. The summed E-state index contributed by atoms with van der Waals surface area (Å²) in [5, 5.41) is 3.21. The third-order valence-corrected chi connectivity index (χ3v) is 3.44. The van der Waals surface area contributed by atoms with E-state index >= 15 is 0 Å². The number of benzene rings is 2. The lowest BCUT2D eigenvalue weighted by atomic mass is 10.1. The molecule has 0 bridgehead atoms. The van der Waals surface area contributed by atoms with E-state index in [-0.39, 0.29) is 12.3 Å². The number of amides is 1. The second kappa shape index (κ2) is 6.54. The van der Waals surface area contributed by atoms with Crippen LogP contribution in [-0.4, -0.2) is 12.5 Å². The van der Waals surface area contributed by atoms with Gasteiger partial charge in [0, 0.05) is 17.5 Å². The van der Waals surface area contributed by atoms with Gasteiger partial charge in [-0.3, -0.25) is 4.79 Å². The topological polar surface area (TPSA) is 68.5 Å². The van der Waals surface area contributed by atoms with E-state index in [0.29, 0.717) is 11.3 Å². The van der Waals surface area contributed by atoms with Crippen LogP contribution >= 0.6 is 0 Å². The van der Waals surface area contributed by atoms with Crippen LogP contribution in [0.1, 0.15) is 5.56 Å². The normalized spacial score (nSPS) is 10.6. The highest BCUT2D eigenvalue weighted by Crippen LogP contribution is 2.22. The highest BCUT2D eigenvalue weighted by molar-refractivity contribution is 5.92. The van der Waals surface area contributed by atoms with Gasteiger partial charge < -0.3 is 14.5 Å². The lowest BCUT2D eigenvalue weighted by molar-refractivity contribution is -0.118. The maximum atomic E-state index is 13.5. The molecule has 0 spiro atoms. The SMILES string of the molecule is Cc1cc(=O)oc2cc(OCC(=O)Nc3ccccc3F)ccc12. The second-order valence-corrected chi connectivity index (χ2v) is 5.22. The molecule has 0 fully saturated rings. The number of anilines is 1. The molecule has 1 N–H and O–H groups in total. The molecule has 1 amide bonds. The van der Waals surface area contributed by atoms with Crippen molar-refractivity contribution in [2.45, 2.75) is 6.92 Å². The summed E-state index contributed by atoms with van der Waals surface area (Å²) >= 11 is 0. The molecule has 24 heavy (non-hydrogen) atoms. The van der Waals surface area contributed by atoms with E-state index in [4.69, 9.17) is 9.15 Å². The van der Waals surface area contributed by atoms with Crippen LogP contribution in [0, 0.1) is 12.7 Å². The second-order valence-electron chi connectivity index (χ2n) is 5.22. The fraction of sp³-hybridized carbons (Fsp3) is 0.111. The van der Waals surface area contributed by atoms with E-state index in [1.807, 2.05) is 6.92 Å². The molecule has 0 atom stereocenters. The lowest BCUT2D eigenvalue weighted by Crippen LogP contribution is -2.20. The molecular weight excluding hydrogens is 313 g/mol. The molecular formula is C18H14FNO4. The van der Waals surface area contributed by atoms with Crippen LogP contribution in [0.5, 0.6) is 5.75 Å². The molecule has 122 valence electrons. The summed E-state index contributed by atoms with van der Waals surface area (Å²) < 4.78 is 24.0. The molecule has 3 rings (SSSR count). The van der Waals surface area contributed by atoms with Gasteiger partial charge in [0.15, 0.2) is 6.61 Å². The maximum Gasteiger partial charge on any atom is 0.336 e. The fourth-order valence-electron chi connectivity index (χ4n) is 2.29. The Morgan fingerprint density at radius 3 is 2.79 bits per heavy atom. The van der Waals surface area contributed by atoms with Gasteiger partial charge in [0.25, 0.3) is 5.91 Å². The largest absolute Gasteiger partial charge is 0.484 e. The number of carbonyl (C=O) groups is 1. The molecule has 6 heteroatoms. The highest BCUT2D eigenvalue weighted by atomic mass is 19.1. The number of hydrogen-bond acceptors (Lipinski definition) is 4. The number of para-hydroxylation sites is 1. The van der Waals surface area contributed by atoms with Crippen molar-refractivity contribution in [1.82, 2.24) is 0 Å². The standard InChI is InChI=1S/C18H14FNO4/c1-11-8-18(22)24-16-9-12(6-7-13(11)16)23-10-17(21)20-15-5-3-2-4-14(15)19/h2-9H,10H2,1H3,(H,20,21). The number of hydrogen-bond donors (Lipinski definition) is 1. The monoisotopic (exact) mass is 327 g/mol. The van der Waals surface area contributed by atoms with Crippen molar-refractivity contribution in [3.05, 3.63) is 70.3 Å². The molecule has 3 aromatic rings. The van der Waals surface area contributed by atoms with Gasteiger partial charge in [-0.25, -0.2) is 9.18 Å². The van der Waals surface area contributed by atoms with Crippen LogP contribution in [0.3, 0.4) is 0 Å². The number of nitrogens with one attached hydrogen (secondary N) is 1. The van der Waals surface area contributed by atoms with E-state index in [0.717, 1.165) is 10.9 Å². The number of halogens is 1. The van der Waals surface area contributed by atoms with Crippen LogP contribution in [0.4, 0.5) is 10.1 Å². The highest BCUT2D eigenvalue weighted by Gasteiger charge is 2.08. The van der Waals surface area contributed by atoms with Gasteiger partial charge in [-0.1, -0.05) is 12.1 Å². The number of carbonyl (C=O) groups excluding carboxylic acids is 1. The van der Waals surface area contributed by atoms with Crippen LogP contribution in [0.15, 0.2) is 57.7 Å². The summed E-state index contributed by atoms with van der Waals surface area (Å²) in [6.45, 7) is 1.51. The Kier molecular flexibility index (Phi) is 4.29. The van der Waals surface area contributed by atoms with Crippen molar-refractivity contribution in [2.24, 2.45) is 0 Å². The van der Waals surface area contributed by atoms with Crippen LogP contribution in [0.2, 0.25) is 0 Å². The average molecular weight is 327 g/mol. The minimum atomic E-state index is -0.520. The summed E-state index contributed by atoms with van der Waals surface area (Å²) in [6, 6.07) is 12.2. The van der Waals surface area contributed by atoms with Crippen molar-refractivity contribution >= 4 is 22.6 Å². The van der Waals surface area contributed by atoms with Gasteiger partial charge in [-0.2, -0.15) is 0 Å². The van der Waals surface area contributed by atoms with E-state index in [2.05, 4.69) is 5.32 Å². The average Bonchev–Trinajstić information content (AvgIpc) is 2.54. The molecule has 0 saturated heterocycles. The zero-order valence-corrected chi connectivity index (χ0v) is 12.8. The predicted molar refractivity (Wildman–Crippen MR) is 87.7 cm³/mol. The molecule has 2 aromatic carbocycles. The Bertz CT molecular complexity index is 965. The maximum absolute atomic E-state index is 13.5. The fourth-order valence-corrected chi connectivity index (χ4v) is 2.29. The quantitative estimate of drug-likeness (QED) is 0.747. The summed E-state index contributed by atoms with van der Waals surface area (Å²) in [5.74, 6) is -0.639. The molecule has 0 aliphatic heterocycles. The van der Waals surface area contributed by atoms with E-state index in [1.54, 1.807) is 24.3 Å². The molecule has 0 aliphatic rings. The molecule has 5 nitrogen and oxygen atoms in total. The zero-order valence-electron chi connectivity index (χ0n) is 12.8. The van der Waals surface area contributed by atoms with Crippen LogP contribution < -0.4 is 15.7 Å². The number of aryl methyl sites for hydroxylation is 1. The van der Waals surface area contributed by atoms with Crippen molar-refractivity contribution < 1.29 is 18.3 Å². The first kappa shape index (κ1) is 15.7. The Morgan fingerprint density at radius 2 is 2.00 bits per heavy atom. The van der Waals surface area contributed by atoms with Gasteiger partial charge in [-0.05, 0) is 36.8 Å². The van der Waals surface area contributed by atoms with Crippen molar-refractivity contribution in [3.63, 3.8) is 0 Å². The summed E-state index contributed by atoms with van der Waals surface area (Å²) in [5.41, 5.74) is 0.817. The van der Waals surface area contributed by atoms with E-state index in [9.17, 15) is 14.0 Å². The number of fused-ring (bicyclic) bond motifs is 1. The number of ether oxygens (including phenoxy) is 1. The summed E-state index contributed by atoms with van der Waals surface area (Å²) in [7, 11) is 0. The smallest absolute Gasteiger partial charge is 0.336 e. The molecule has 0 aliphatic carbocycles. The first-order valence-electron chi connectivity index (χ1n) is 7.24. The predicted octanol–water partition coefficient (Wildman–Crippen LogP) is 3.26. The van der Waals surface area contributed by atoms with Crippen molar-refractivity contribution in [3.8, 4) is 5.75 Å². The zero-order chi connectivity index (χ0) is 17.1. The third-order valence-electron chi connectivity index (χ3n) is 3.44. The van der Waals surface area contributed by atoms with Crippen LogP contribution in [0.25, 0.3) is 11.0 Å². The Morgan fingerprint density at radius 1 is 1.21 bits per heavy atom. The van der Waals surface area contributed by atoms with E-state index in [1.165, 1.54) is 24.3 Å². The molecule has 1 heterocycles.